The smallest absolute Gasteiger partial charge is 0.347 e. The third kappa shape index (κ3) is 11.7. The number of rotatable bonds is 8. The average molecular weight is 667 g/mol. The van der Waals surface area contributed by atoms with Crippen molar-refractivity contribution >= 4 is 41.4 Å². The van der Waals surface area contributed by atoms with E-state index in [9.17, 15) is 24.3 Å². The van der Waals surface area contributed by atoms with Gasteiger partial charge in [0.1, 0.15) is 12.1 Å². The molecular weight excluding hydrogens is 620 g/mol. The van der Waals surface area contributed by atoms with Crippen LogP contribution in [0.1, 0.15) is 69.7 Å². The molecule has 1 aliphatic rings. The van der Waals surface area contributed by atoms with E-state index in [1.165, 1.54) is 6.08 Å². The van der Waals surface area contributed by atoms with Crippen molar-refractivity contribution in [2.45, 2.75) is 85.7 Å². The number of benzene rings is 2. The Morgan fingerprint density at radius 2 is 1.70 bits per heavy atom. The molecule has 2 aromatic rings. The Bertz CT molecular complexity index is 1470. The normalized spacial score (nSPS) is 22.7. The van der Waals surface area contributed by atoms with Crippen LogP contribution in [0.4, 0.5) is 0 Å². The van der Waals surface area contributed by atoms with E-state index in [1.807, 2.05) is 76.2 Å². The van der Waals surface area contributed by atoms with Crippen molar-refractivity contribution in [1.29, 1.82) is 0 Å². The number of carbonyl (C=O) groups is 4. The molecule has 0 fully saturated rings. The Morgan fingerprint density at radius 3 is 2.34 bits per heavy atom. The van der Waals surface area contributed by atoms with Gasteiger partial charge in [-0.3, -0.25) is 14.4 Å². The molecule has 0 radical (unpaired) electrons. The van der Waals surface area contributed by atoms with Crippen molar-refractivity contribution in [2.24, 2.45) is 17.3 Å². The van der Waals surface area contributed by atoms with Gasteiger partial charge in [0.15, 0.2) is 6.10 Å². The lowest BCUT2D eigenvalue weighted by Gasteiger charge is -2.29. The maximum atomic E-state index is 13.5. The molecule has 1 aliphatic heterocycles. The van der Waals surface area contributed by atoms with Crippen molar-refractivity contribution in [3.8, 4) is 0 Å². The number of carbonyl (C=O) groups excluding carboxylic acids is 4. The lowest BCUT2D eigenvalue weighted by molar-refractivity contribution is -0.178. The topological polar surface area (TPSA) is 131 Å². The Morgan fingerprint density at radius 1 is 1.02 bits per heavy atom. The fourth-order valence-corrected chi connectivity index (χ4v) is 5.07. The van der Waals surface area contributed by atoms with Crippen LogP contribution in [-0.2, 0) is 41.7 Å². The molecule has 9 nitrogen and oxygen atoms in total. The number of ether oxygens (including phenoxy) is 2. The summed E-state index contributed by atoms with van der Waals surface area (Å²) in [5, 5.41) is 15.4. The maximum Gasteiger partial charge on any atom is 0.347 e. The van der Waals surface area contributed by atoms with E-state index in [1.54, 1.807) is 26.0 Å². The van der Waals surface area contributed by atoms with E-state index < -0.39 is 47.4 Å². The first-order valence-corrected chi connectivity index (χ1v) is 16.4. The monoisotopic (exact) mass is 666 g/mol. The third-order valence-corrected chi connectivity index (χ3v) is 8.42. The third-order valence-electron chi connectivity index (χ3n) is 8.01. The van der Waals surface area contributed by atoms with Gasteiger partial charge in [-0.25, -0.2) is 4.79 Å². The van der Waals surface area contributed by atoms with Crippen LogP contribution >= 0.6 is 11.6 Å². The van der Waals surface area contributed by atoms with E-state index in [2.05, 4.69) is 10.6 Å². The van der Waals surface area contributed by atoms with Crippen molar-refractivity contribution in [3.63, 3.8) is 0 Å². The highest BCUT2D eigenvalue weighted by Gasteiger charge is 2.37. The number of esters is 2. The largest absolute Gasteiger partial charge is 0.459 e. The molecule has 4 atom stereocenters. The van der Waals surface area contributed by atoms with E-state index >= 15 is 0 Å². The molecule has 3 N–H and O–H groups in total. The van der Waals surface area contributed by atoms with E-state index in [4.69, 9.17) is 21.1 Å². The number of aliphatic hydroxyl groups is 1. The van der Waals surface area contributed by atoms with Gasteiger partial charge in [-0.15, -0.1) is 0 Å². The summed E-state index contributed by atoms with van der Waals surface area (Å²) in [6.45, 7) is 10.7. The summed E-state index contributed by atoms with van der Waals surface area (Å²) in [7, 11) is 0. The van der Waals surface area contributed by atoms with Gasteiger partial charge in [0.25, 0.3) is 0 Å². The molecule has 0 aromatic heterocycles. The van der Waals surface area contributed by atoms with Gasteiger partial charge < -0.3 is 25.2 Å². The van der Waals surface area contributed by atoms with E-state index in [-0.39, 0.29) is 44.2 Å². The second kappa shape index (κ2) is 17.3. The average Bonchev–Trinajstić information content (AvgIpc) is 3.02. The van der Waals surface area contributed by atoms with Crippen LogP contribution in [0.2, 0.25) is 5.02 Å². The summed E-state index contributed by atoms with van der Waals surface area (Å²) < 4.78 is 11.7. The Balaban J connectivity index is 1.93. The molecule has 0 saturated heterocycles. The molecule has 3 rings (SSSR count). The predicted molar refractivity (Wildman–Crippen MR) is 182 cm³/mol. The van der Waals surface area contributed by atoms with Crippen LogP contribution in [0.15, 0.2) is 60.7 Å². The number of nitrogens with one attached hydrogen (secondary N) is 2. The van der Waals surface area contributed by atoms with Gasteiger partial charge in [-0.05, 0) is 67.5 Å². The number of aliphatic hydroxyl groups excluding tert-OH is 1. The zero-order chi connectivity index (χ0) is 34.7. The minimum atomic E-state index is -1.19. The second-order valence-corrected chi connectivity index (χ2v) is 13.6. The van der Waals surface area contributed by atoms with Gasteiger partial charge in [-0.1, -0.05) is 87.0 Å². The van der Waals surface area contributed by atoms with Crippen molar-refractivity contribution in [3.05, 3.63) is 88.0 Å². The summed E-state index contributed by atoms with van der Waals surface area (Å²) >= 11 is 6.32. The van der Waals surface area contributed by atoms with Gasteiger partial charge in [-0.2, -0.15) is 0 Å². The quantitative estimate of drug-likeness (QED) is 0.318. The first kappa shape index (κ1) is 37.5. The molecule has 0 spiro atoms. The summed E-state index contributed by atoms with van der Waals surface area (Å²) in [6.07, 6.45) is 5.49. The lowest BCUT2D eigenvalue weighted by Crippen LogP contribution is -2.51. The number of cyclic esters (lactones) is 2. The highest BCUT2D eigenvalue weighted by molar-refractivity contribution is 6.31. The molecule has 1 heterocycles. The predicted octanol–water partition coefficient (Wildman–Crippen LogP) is 5.49. The fourth-order valence-electron chi connectivity index (χ4n) is 4.87. The minimum absolute atomic E-state index is 0.0195. The number of hydrogen-bond donors (Lipinski definition) is 3. The first-order chi connectivity index (χ1) is 22.2. The molecule has 0 bridgehead atoms. The van der Waals surface area contributed by atoms with E-state index in [0.29, 0.717) is 5.02 Å². The van der Waals surface area contributed by atoms with Crippen LogP contribution in [0.25, 0.3) is 6.08 Å². The van der Waals surface area contributed by atoms with Gasteiger partial charge in [0.05, 0.1) is 12.0 Å². The van der Waals surface area contributed by atoms with Gasteiger partial charge in [0.2, 0.25) is 11.8 Å². The van der Waals surface area contributed by atoms with Crippen molar-refractivity contribution in [2.75, 3.05) is 6.54 Å². The van der Waals surface area contributed by atoms with Crippen LogP contribution in [0.3, 0.4) is 0 Å². The molecule has 0 unspecified atom stereocenters. The van der Waals surface area contributed by atoms with E-state index in [0.717, 1.165) is 22.3 Å². The molecular formula is C37H47ClN2O7. The van der Waals surface area contributed by atoms with Gasteiger partial charge >= 0.3 is 11.9 Å². The zero-order valence-electron chi connectivity index (χ0n) is 28.0. The summed E-state index contributed by atoms with van der Waals surface area (Å²) in [5.41, 5.74) is 2.15. The Kier molecular flexibility index (Phi) is 13.8. The lowest BCUT2D eigenvalue weighted by atomic mass is 9.93. The van der Waals surface area contributed by atoms with Crippen LogP contribution in [0.5, 0.6) is 0 Å². The Labute approximate surface area is 282 Å². The summed E-state index contributed by atoms with van der Waals surface area (Å²) in [5.74, 6) is -2.58. The maximum absolute atomic E-state index is 13.5. The van der Waals surface area contributed by atoms with Crippen LogP contribution < -0.4 is 10.6 Å². The highest BCUT2D eigenvalue weighted by atomic mass is 35.5. The first-order valence-electron chi connectivity index (χ1n) is 16.0. The number of halogens is 1. The standard InChI is InChI=1S/C37H47ClN2O7/c1-23(2)18-32-35(44)46-31(25(4)11-12-26-14-16-27(21-41)17-15-26)8-7-9-33(42)40-30(20-28-13-10-24(3)29(38)19-28)34(43)39-22-37(5,6)36(45)47-32/h7,9-17,19,23,25,30-32,41H,8,18,20-22H2,1-6H3,(H,39,43)(H,40,42)/b9-7+,12-11+/t25-,30-,31+,32+/m1/s1. The summed E-state index contributed by atoms with van der Waals surface area (Å²) in [6, 6.07) is 11.9. The Hall–Kier alpha value is -3.95. The van der Waals surface area contributed by atoms with Crippen LogP contribution in [0, 0.1) is 24.2 Å². The highest BCUT2D eigenvalue weighted by Crippen LogP contribution is 2.24. The second-order valence-electron chi connectivity index (χ2n) is 13.2. The fraction of sp³-hybridized carbons (Fsp3) is 0.459. The molecule has 10 heteroatoms. The molecule has 0 saturated carbocycles. The van der Waals surface area contributed by atoms with Crippen molar-refractivity contribution < 1.29 is 33.8 Å². The molecule has 47 heavy (non-hydrogen) atoms. The van der Waals surface area contributed by atoms with Crippen LogP contribution in [-0.4, -0.2) is 53.7 Å². The number of hydrogen-bond acceptors (Lipinski definition) is 7. The number of aryl methyl sites for hydroxylation is 1. The number of amides is 2. The summed E-state index contributed by atoms with van der Waals surface area (Å²) in [4.78, 5) is 53.4. The molecule has 0 aliphatic carbocycles. The molecule has 254 valence electrons. The minimum Gasteiger partial charge on any atom is -0.459 e. The molecule has 2 aromatic carbocycles. The van der Waals surface area contributed by atoms with Gasteiger partial charge in [0, 0.05) is 30.3 Å². The SMILES string of the molecule is Cc1ccc(C[C@H]2NC(=O)/C=C/C[C@@H]([C@H](C)/C=C/c3ccc(CO)cc3)OC(=O)[C@H](CC(C)C)OC(=O)C(C)(C)CNC2=O)cc1Cl. The van der Waals surface area contributed by atoms with Crippen molar-refractivity contribution in [1.82, 2.24) is 10.6 Å². The zero-order valence-corrected chi connectivity index (χ0v) is 28.8. The molecule has 2 amide bonds.